The van der Waals surface area contributed by atoms with E-state index in [1.807, 2.05) is 0 Å². The number of aliphatic hydroxyl groups excluding tert-OH is 1. The van der Waals surface area contributed by atoms with Crippen LogP contribution in [0.15, 0.2) is 0 Å². The van der Waals surface area contributed by atoms with E-state index in [2.05, 4.69) is 0 Å². The van der Waals surface area contributed by atoms with Crippen molar-refractivity contribution in [3.8, 4) is 0 Å². The summed E-state index contributed by atoms with van der Waals surface area (Å²) in [6, 6.07) is 0. The summed E-state index contributed by atoms with van der Waals surface area (Å²) in [5, 5.41) is 17.8. The Balaban J connectivity index is 2.35. The van der Waals surface area contributed by atoms with Crippen LogP contribution < -0.4 is 0 Å². The van der Waals surface area contributed by atoms with E-state index in [1.54, 1.807) is 0 Å². The second kappa shape index (κ2) is 3.72. The zero-order valence-electron chi connectivity index (χ0n) is 6.49. The predicted molar refractivity (Wildman–Crippen MR) is 40.2 cm³/mol. The van der Waals surface area contributed by atoms with Gasteiger partial charge in [-0.05, 0) is 18.8 Å². The Labute approximate surface area is 66.0 Å². The van der Waals surface area contributed by atoms with Crippen LogP contribution in [0.4, 0.5) is 0 Å². The van der Waals surface area contributed by atoms with E-state index < -0.39 is 5.97 Å². The summed E-state index contributed by atoms with van der Waals surface area (Å²) in [6.07, 6.45) is 3.50. The third kappa shape index (κ3) is 2.50. The summed E-state index contributed by atoms with van der Waals surface area (Å²) in [7, 11) is 0. The van der Waals surface area contributed by atoms with Gasteiger partial charge in [-0.2, -0.15) is 0 Å². The van der Waals surface area contributed by atoms with E-state index in [0.717, 1.165) is 25.7 Å². The molecule has 0 saturated heterocycles. The van der Waals surface area contributed by atoms with E-state index in [4.69, 9.17) is 5.11 Å². The number of carbonyl (C=O) groups is 1. The fraction of sp³-hybridized carbons (Fsp3) is 0.875. The Morgan fingerprint density at radius 2 is 2.00 bits per heavy atom. The lowest BCUT2D eigenvalue weighted by atomic mass is 9.84. The Morgan fingerprint density at radius 3 is 2.55 bits per heavy atom. The quantitative estimate of drug-likeness (QED) is 0.630. The van der Waals surface area contributed by atoms with Gasteiger partial charge in [0.2, 0.25) is 0 Å². The molecule has 0 aromatic rings. The third-order valence-electron chi connectivity index (χ3n) is 2.31. The van der Waals surface area contributed by atoms with Crippen molar-refractivity contribution in [3.63, 3.8) is 0 Å². The number of aliphatic hydroxyl groups is 1. The van der Waals surface area contributed by atoms with Gasteiger partial charge in [0.25, 0.3) is 0 Å². The highest BCUT2D eigenvalue weighted by Gasteiger charge is 2.24. The minimum atomic E-state index is -0.795. The first-order valence-corrected chi connectivity index (χ1v) is 4.10. The normalized spacial score (nSPS) is 31.7. The summed E-state index contributed by atoms with van der Waals surface area (Å²) in [5.74, 6) is -0.794. The van der Waals surface area contributed by atoms with Crippen molar-refractivity contribution in [2.24, 2.45) is 5.92 Å². The van der Waals surface area contributed by atoms with Gasteiger partial charge in [0, 0.05) is 0 Å². The van der Waals surface area contributed by atoms with Gasteiger partial charge < -0.3 is 10.2 Å². The number of carboxylic acids is 1. The van der Waals surface area contributed by atoms with E-state index in [9.17, 15) is 9.90 Å². The maximum absolute atomic E-state index is 10.3. The monoisotopic (exact) mass is 158 g/mol. The molecular weight excluding hydrogens is 144 g/mol. The maximum atomic E-state index is 10.3. The Hall–Kier alpha value is -0.570. The molecule has 0 unspecified atom stereocenters. The molecule has 3 heteroatoms. The van der Waals surface area contributed by atoms with Gasteiger partial charge in [0.05, 0.1) is 12.5 Å². The summed E-state index contributed by atoms with van der Waals surface area (Å²) < 4.78 is 0. The van der Waals surface area contributed by atoms with Crippen LogP contribution >= 0.6 is 0 Å². The van der Waals surface area contributed by atoms with Gasteiger partial charge in [-0.25, -0.2) is 0 Å². The summed E-state index contributed by atoms with van der Waals surface area (Å²) >= 11 is 0. The van der Waals surface area contributed by atoms with Gasteiger partial charge >= 0.3 is 5.97 Å². The summed E-state index contributed by atoms with van der Waals surface area (Å²) in [4.78, 5) is 10.3. The molecule has 2 atom stereocenters. The Kier molecular flexibility index (Phi) is 2.88. The standard InChI is InChI=1S/C8H14O3/c9-7-4-2-1-3-6(7)5-8(10)11/h6-7,9H,1-5H2,(H,10,11)/t6-,7+/m1/s1. The first-order valence-electron chi connectivity index (χ1n) is 4.10. The largest absolute Gasteiger partial charge is 0.481 e. The highest BCUT2D eigenvalue weighted by atomic mass is 16.4. The maximum Gasteiger partial charge on any atom is 0.303 e. The number of hydrogen-bond donors (Lipinski definition) is 2. The lowest BCUT2D eigenvalue weighted by molar-refractivity contribution is -0.139. The summed E-state index contributed by atoms with van der Waals surface area (Å²) in [6.45, 7) is 0. The molecule has 0 bridgehead atoms. The van der Waals surface area contributed by atoms with E-state index >= 15 is 0 Å². The van der Waals surface area contributed by atoms with Crippen LogP contribution in [-0.2, 0) is 4.79 Å². The average molecular weight is 158 g/mol. The molecule has 1 aliphatic carbocycles. The fourth-order valence-corrected chi connectivity index (χ4v) is 1.65. The molecule has 0 aromatic carbocycles. The molecular formula is C8H14O3. The van der Waals surface area contributed by atoms with Crippen LogP contribution in [0.25, 0.3) is 0 Å². The van der Waals surface area contributed by atoms with Crippen LogP contribution in [0.1, 0.15) is 32.1 Å². The second-order valence-electron chi connectivity index (χ2n) is 3.21. The van der Waals surface area contributed by atoms with Gasteiger partial charge in [-0.1, -0.05) is 12.8 Å². The minimum absolute atomic E-state index is 0.00116. The molecule has 3 nitrogen and oxygen atoms in total. The van der Waals surface area contributed by atoms with Crippen molar-refractivity contribution in [2.45, 2.75) is 38.2 Å². The SMILES string of the molecule is O=C(O)C[C@H]1CCCC[C@@H]1O. The molecule has 0 aromatic heterocycles. The fourth-order valence-electron chi connectivity index (χ4n) is 1.65. The Morgan fingerprint density at radius 1 is 1.36 bits per heavy atom. The van der Waals surface area contributed by atoms with Crippen LogP contribution in [-0.4, -0.2) is 22.3 Å². The smallest absolute Gasteiger partial charge is 0.303 e. The van der Waals surface area contributed by atoms with Crippen molar-refractivity contribution in [1.29, 1.82) is 0 Å². The average Bonchev–Trinajstić information content (AvgIpc) is 1.93. The number of aliphatic carboxylic acids is 1. The Bertz CT molecular complexity index is 144. The van der Waals surface area contributed by atoms with E-state index in [0.29, 0.717) is 0 Å². The topological polar surface area (TPSA) is 57.5 Å². The third-order valence-corrected chi connectivity index (χ3v) is 2.31. The van der Waals surface area contributed by atoms with Crippen LogP contribution in [0, 0.1) is 5.92 Å². The summed E-state index contributed by atoms with van der Waals surface area (Å²) in [5.41, 5.74) is 0. The highest BCUT2D eigenvalue weighted by molar-refractivity contribution is 5.67. The number of hydrogen-bond acceptors (Lipinski definition) is 2. The van der Waals surface area contributed by atoms with Gasteiger partial charge in [0.1, 0.15) is 0 Å². The molecule has 1 rings (SSSR count). The zero-order chi connectivity index (χ0) is 8.27. The molecule has 1 aliphatic rings. The van der Waals surface area contributed by atoms with Crippen molar-refractivity contribution >= 4 is 5.97 Å². The van der Waals surface area contributed by atoms with Crippen LogP contribution in [0.3, 0.4) is 0 Å². The first kappa shape index (κ1) is 8.53. The molecule has 0 aliphatic heterocycles. The molecule has 0 amide bonds. The van der Waals surface area contributed by atoms with Crippen LogP contribution in [0.5, 0.6) is 0 Å². The molecule has 1 fully saturated rings. The van der Waals surface area contributed by atoms with Crippen LogP contribution in [0.2, 0.25) is 0 Å². The van der Waals surface area contributed by atoms with Crippen molar-refractivity contribution in [3.05, 3.63) is 0 Å². The molecule has 0 spiro atoms. The van der Waals surface area contributed by atoms with Crippen molar-refractivity contribution in [1.82, 2.24) is 0 Å². The number of rotatable bonds is 2. The molecule has 1 saturated carbocycles. The molecule has 11 heavy (non-hydrogen) atoms. The highest BCUT2D eigenvalue weighted by Crippen LogP contribution is 2.26. The zero-order valence-corrected chi connectivity index (χ0v) is 6.49. The number of carboxylic acid groups (broad SMARTS) is 1. The second-order valence-corrected chi connectivity index (χ2v) is 3.21. The van der Waals surface area contributed by atoms with Gasteiger partial charge in [-0.3, -0.25) is 4.79 Å². The van der Waals surface area contributed by atoms with Crippen molar-refractivity contribution in [2.75, 3.05) is 0 Å². The van der Waals surface area contributed by atoms with E-state index in [1.165, 1.54) is 0 Å². The minimum Gasteiger partial charge on any atom is -0.481 e. The molecule has 0 heterocycles. The van der Waals surface area contributed by atoms with E-state index in [-0.39, 0.29) is 18.4 Å². The lowest BCUT2D eigenvalue weighted by Gasteiger charge is -2.25. The van der Waals surface area contributed by atoms with Crippen molar-refractivity contribution < 1.29 is 15.0 Å². The molecule has 2 N–H and O–H groups in total. The van der Waals surface area contributed by atoms with Gasteiger partial charge in [0.15, 0.2) is 0 Å². The lowest BCUT2D eigenvalue weighted by Crippen LogP contribution is -2.26. The van der Waals surface area contributed by atoms with Gasteiger partial charge in [-0.15, -0.1) is 0 Å². The molecule has 0 radical (unpaired) electrons. The predicted octanol–water partition coefficient (Wildman–Crippen LogP) is 1.01. The molecule has 64 valence electrons. The first-order chi connectivity index (χ1) is 5.20.